The maximum Gasteiger partial charge on any atom is 0.119 e. The van der Waals surface area contributed by atoms with E-state index in [4.69, 9.17) is 4.74 Å². The van der Waals surface area contributed by atoms with Crippen molar-refractivity contribution in [1.82, 2.24) is 9.78 Å². The molecule has 1 aromatic carbocycles. The van der Waals surface area contributed by atoms with Crippen molar-refractivity contribution in [2.45, 2.75) is 33.4 Å². The van der Waals surface area contributed by atoms with E-state index in [2.05, 4.69) is 24.2 Å². The van der Waals surface area contributed by atoms with Gasteiger partial charge in [0.2, 0.25) is 0 Å². The number of aryl methyl sites for hydroxylation is 1. The average molecular weight is 230 g/mol. The lowest BCUT2D eigenvalue weighted by Crippen LogP contribution is -2.06. The summed E-state index contributed by atoms with van der Waals surface area (Å²) in [6.07, 6.45) is 2.04. The van der Waals surface area contributed by atoms with Gasteiger partial charge in [-0.05, 0) is 44.5 Å². The average Bonchev–Trinajstić information content (AvgIpc) is 2.67. The molecule has 1 heterocycles. The second-order valence-electron chi connectivity index (χ2n) is 4.44. The van der Waals surface area contributed by atoms with Gasteiger partial charge in [0.05, 0.1) is 12.6 Å². The van der Waals surface area contributed by atoms with E-state index < -0.39 is 0 Å². The van der Waals surface area contributed by atoms with Crippen molar-refractivity contribution in [1.29, 1.82) is 0 Å². The van der Waals surface area contributed by atoms with Gasteiger partial charge in [-0.25, -0.2) is 0 Å². The molecule has 90 valence electrons. The van der Waals surface area contributed by atoms with Crippen LogP contribution in [-0.4, -0.2) is 15.9 Å². The second-order valence-corrected chi connectivity index (χ2v) is 4.44. The van der Waals surface area contributed by atoms with Gasteiger partial charge in [0.25, 0.3) is 0 Å². The largest absolute Gasteiger partial charge is 0.491 e. The maximum atomic E-state index is 5.61. The molecule has 0 atom stereocenters. The van der Waals surface area contributed by atoms with Crippen molar-refractivity contribution in [2.24, 2.45) is 0 Å². The van der Waals surface area contributed by atoms with Crippen molar-refractivity contribution in [2.75, 3.05) is 0 Å². The lowest BCUT2D eigenvalue weighted by atomic mass is 10.2. The predicted octanol–water partition coefficient (Wildman–Crippen LogP) is 3.03. The Balaban J connectivity index is 2.06. The first kappa shape index (κ1) is 11.7. The second kappa shape index (κ2) is 5.04. The zero-order valence-electron chi connectivity index (χ0n) is 10.6. The third kappa shape index (κ3) is 3.09. The van der Waals surface area contributed by atoms with Gasteiger partial charge in [0.1, 0.15) is 5.75 Å². The molecule has 0 unspecified atom stereocenters. The molecule has 0 N–H and O–H groups in total. The van der Waals surface area contributed by atoms with Crippen LogP contribution in [0.15, 0.2) is 36.5 Å². The van der Waals surface area contributed by atoms with E-state index >= 15 is 0 Å². The van der Waals surface area contributed by atoms with Gasteiger partial charge >= 0.3 is 0 Å². The normalized spacial score (nSPS) is 10.8. The predicted molar refractivity (Wildman–Crippen MR) is 68.3 cm³/mol. The summed E-state index contributed by atoms with van der Waals surface area (Å²) < 4.78 is 7.59. The van der Waals surface area contributed by atoms with Crippen LogP contribution in [0.25, 0.3) is 0 Å². The van der Waals surface area contributed by atoms with Crippen molar-refractivity contribution < 1.29 is 4.74 Å². The molecule has 0 bridgehead atoms. The highest BCUT2D eigenvalue weighted by Gasteiger charge is 2.01. The molecule has 3 nitrogen and oxygen atoms in total. The van der Waals surface area contributed by atoms with E-state index in [1.165, 1.54) is 11.3 Å². The fourth-order valence-electron chi connectivity index (χ4n) is 1.68. The molecule has 0 fully saturated rings. The summed E-state index contributed by atoms with van der Waals surface area (Å²) in [5, 5.41) is 4.27. The van der Waals surface area contributed by atoms with Crippen LogP contribution in [0.5, 0.6) is 5.75 Å². The van der Waals surface area contributed by atoms with Crippen LogP contribution in [-0.2, 0) is 6.54 Å². The lowest BCUT2D eigenvalue weighted by molar-refractivity contribution is 0.242. The number of nitrogens with zero attached hydrogens (tertiary/aromatic N) is 2. The van der Waals surface area contributed by atoms with Gasteiger partial charge in [-0.1, -0.05) is 12.1 Å². The standard InChI is InChI=1S/C14H18N2O/c1-11(2)17-14-6-4-13(5-7-14)10-16-12(3)8-9-15-16/h4-9,11H,10H2,1-3H3. The SMILES string of the molecule is Cc1ccnn1Cc1ccc(OC(C)C)cc1. The Labute approximate surface area is 102 Å². The molecule has 0 saturated carbocycles. The summed E-state index contributed by atoms with van der Waals surface area (Å²) >= 11 is 0. The Morgan fingerprint density at radius 1 is 1.18 bits per heavy atom. The Kier molecular flexibility index (Phi) is 3.47. The van der Waals surface area contributed by atoms with Gasteiger partial charge in [-0.15, -0.1) is 0 Å². The zero-order chi connectivity index (χ0) is 12.3. The van der Waals surface area contributed by atoms with E-state index in [1.807, 2.05) is 42.9 Å². The summed E-state index contributed by atoms with van der Waals surface area (Å²) in [7, 11) is 0. The molecule has 0 aliphatic heterocycles. The molecule has 0 spiro atoms. The Bertz CT molecular complexity index is 471. The number of benzene rings is 1. The number of rotatable bonds is 4. The molecule has 0 amide bonds. The van der Waals surface area contributed by atoms with Crippen molar-refractivity contribution in [3.8, 4) is 5.75 Å². The number of hydrogen-bond donors (Lipinski definition) is 0. The minimum Gasteiger partial charge on any atom is -0.491 e. The van der Waals surface area contributed by atoms with E-state index in [0.717, 1.165) is 12.3 Å². The third-order valence-electron chi connectivity index (χ3n) is 2.56. The first-order valence-electron chi connectivity index (χ1n) is 5.89. The minimum atomic E-state index is 0.217. The first-order valence-corrected chi connectivity index (χ1v) is 5.89. The van der Waals surface area contributed by atoms with Crippen LogP contribution in [0, 0.1) is 6.92 Å². The highest BCUT2D eigenvalue weighted by atomic mass is 16.5. The smallest absolute Gasteiger partial charge is 0.119 e. The molecule has 0 radical (unpaired) electrons. The topological polar surface area (TPSA) is 27.1 Å². The van der Waals surface area contributed by atoms with E-state index in [0.29, 0.717) is 0 Å². The summed E-state index contributed by atoms with van der Waals surface area (Å²) in [4.78, 5) is 0. The molecular weight excluding hydrogens is 212 g/mol. The third-order valence-corrected chi connectivity index (χ3v) is 2.56. The molecular formula is C14H18N2O. The summed E-state index contributed by atoms with van der Waals surface area (Å²) in [6, 6.07) is 10.2. The number of aromatic nitrogens is 2. The number of hydrogen-bond acceptors (Lipinski definition) is 2. The Morgan fingerprint density at radius 3 is 2.41 bits per heavy atom. The fourth-order valence-corrected chi connectivity index (χ4v) is 1.68. The monoisotopic (exact) mass is 230 g/mol. The summed E-state index contributed by atoms with van der Waals surface area (Å²) in [5.74, 6) is 0.918. The minimum absolute atomic E-state index is 0.217. The van der Waals surface area contributed by atoms with Crippen LogP contribution < -0.4 is 4.74 Å². The van der Waals surface area contributed by atoms with Gasteiger partial charge in [0, 0.05) is 11.9 Å². The van der Waals surface area contributed by atoms with Gasteiger partial charge in [-0.2, -0.15) is 5.10 Å². The quantitative estimate of drug-likeness (QED) is 0.807. The Morgan fingerprint density at radius 2 is 1.88 bits per heavy atom. The first-order chi connectivity index (χ1) is 8.15. The summed E-state index contributed by atoms with van der Waals surface area (Å²) in [6.45, 7) is 6.92. The Hall–Kier alpha value is -1.77. The van der Waals surface area contributed by atoms with Crippen molar-refractivity contribution in [3.63, 3.8) is 0 Å². The molecule has 1 aromatic heterocycles. The fraction of sp³-hybridized carbons (Fsp3) is 0.357. The molecule has 3 heteroatoms. The van der Waals surface area contributed by atoms with Gasteiger partial charge in [0.15, 0.2) is 0 Å². The van der Waals surface area contributed by atoms with Crippen LogP contribution in [0.4, 0.5) is 0 Å². The summed E-state index contributed by atoms with van der Waals surface area (Å²) in [5.41, 5.74) is 2.40. The molecule has 2 aromatic rings. The lowest BCUT2D eigenvalue weighted by Gasteiger charge is -2.10. The highest BCUT2D eigenvalue weighted by molar-refractivity contribution is 5.27. The molecule has 2 rings (SSSR count). The highest BCUT2D eigenvalue weighted by Crippen LogP contribution is 2.14. The van der Waals surface area contributed by atoms with Crippen LogP contribution in [0.2, 0.25) is 0 Å². The van der Waals surface area contributed by atoms with Gasteiger partial charge in [-0.3, -0.25) is 4.68 Å². The molecule has 17 heavy (non-hydrogen) atoms. The molecule has 0 saturated heterocycles. The van der Waals surface area contributed by atoms with Crippen molar-refractivity contribution >= 4 is 0 Å². The van der Waals surface area contributed by atoms with Crippen LogP contribution in [0.3, 0.4) is 0 Å². The van der Waals surface area contributed by atoms with Crippen molar-refractivity contribution in [3.05, 3.63) is 47.8 Å². The zero-order valence-corrected chi connectivity index (χ0v) is 10.6. The number of ether oxygens (including phenoxy) is 1. The molecule has 0 aliphatic rings. The van der Waals surface area contributed by atoms with E-state index in [-0.39, 0.29) is 6.10 Å². The maximum absolute atomic E-state index is 5.61. The van der Waals surface area contributed by atoms with Crippen LogP contribution in [0.1, 0.15) is 25.1 Å². The molecule has 0 aliphatic carbocycles. The van der Waals surface area contributed by atoms with Gasteiger partial charge < -0.3 is 4.74 Å². The van der Waals surface area contributed by atoms with Crippen LogP contribution >= 0.6 is 0 Å². The van der Waals surface area contributed by atoms with E-state index in [1.54, 1.807) is 0 Å². The van der Waals surface area contributed by atoms with E-state index in [9.17, 15) is 0 Å².